The monoisotopic (exact) mass is 238 g/mol. The van der Waals surface area contributed by atoms with Gasteiger partial charge >= 0.3 is 0 Å². The Morgan fingerprint density at radius 2 is 1.76 bits per heavy atom. The molecule has 96 valence electrons. The molecular formula is C14H23FN2. The maximum Gasteiger partial charge on any atom is 0.0894 e. The number of rotatable bonds is 8. The van der Waals surface area contributed by atoms with Crippen molar-refractivity contribution >= 4 is 11.4 Å². The van der Waals surface area contributed by atoms with E-state index < -0.39 is 0 Å². The second-order valence-corrected chi connectivity index (χ2v) is 4.33. The minimum absolute atomic E-state index is 0.199. The molecule has 0 aliphatic rings. The SMILES string of the molecule is CCCN(CCCCCF)c1ccc(N)cc1. The Bertz CT molecular complexity index is 298. The van der Waals surface area contributed by atoms with Gasteiger partial charge in [-0.25, -0.2) is 0 Å². The van der Waals surface area contributed by atoms with Gasteiger partial charge in [0, 0.05) is 24.5 Å². The van der Waals surface area contributed by atoms with Crippen molar-refractivity contribution < 1.29 is 4.39 Å². The summed E-state index contributed by atoms with van der Waals surface area (Å²) in [6.45, 7) is 4.01. The van der Waals surface area contributed by atoms with Gasteiger partial charge in [0.1, 0.15) is 0 Å². The van der Waals surface area contributed by atoms with Gasteiger partial charge in [-0.3, -0.25) is 4.39 Å². The first-order valence-corrected chi connectivity index (χ1v) is 6.44. The average Bonchev–Trinajstić information content (AvgIpc) is 2.34. The van der Waals surface area contributed by atoms with Crippen molar-refractivity contribution in [2.24, 2.45) is 0 Å². The fourth-order valence-corrected chi connectivity index (χ4v) is 1.90. The highest BCUT2D eigenvalue weighted by Crippen LogP contribution is 2.17. The van der Waals surface area contributed by atoms with E-state index in [1.165, 1.54) is 5.69 Å². The summed E-state index contributed by atoms with van der Waals surface area (Å²) in [6.07, 6.45) is 3.81. The van der Waals surface area contributed by atoms with Crippen LogP contribution in [0.4, 0.5) is 15.8 Å². The molecule has 0 radical (unpaired) electrons. The Kier molecular flexibility index (Phi) is 6.45. The summed E-state index contributed by atoms with van der Waals surface area (Å²) in [7, 11) is 0. The number of alkyl halides is 1. The molecule has 0 aliphatic heterocycles. The van der Waals surface area contributed by atoms with Gasteiger partial charge in [0.05, 0.1) is 6.67 Å². The molecule has 2 nitrogen and oxygen atoms in total. The lowest BCUT2D eigenvalue weighted by Gasteiger charge is -2.24. The normalized spacial score (nSPS) is 10.5. The second-order valence-electron chi connectivity index (χ2n) is 4.33. The highest BCUT2D eigenvalue weighted by molar-refractivity contribution is 5.53. The van der Waals surface area contributed by atoms with Gasteiger partial charge in [-0.05, 0) is 49.9 Å². The smallest absolute Gasteiger partial charge is 0.0894 e. The van der Waals surface area contributed by atoms with E-state index in [0.717, 1.165) is 38.0 Å². The molecule has 1 aromatic rings. The second kappa shape index (κ2) is 7.93. The van der Waals surface area contributed by atoms with Gasteiger partial charge in [0.25, 0.3) is 0 Å². The van der Waals surface area contributed by atoms with Crippen molar-refractivity contribution in [2.75, 3.05) is 30.4 Å². The van der Waals surface area contributed by atoms with Gasteiger partial charge < -0.3 is 10.6 Å². The van der Waals surface area contributed by atoms with E-state index in [9.17, 15) is 4.39 Å². The van der Waals surface area contributed by atoms with Gasteiger partial charge in [0.15, 0.2) is 0 Å². The van der Waals surface area contributed by atoms with Crippen LogP contribution in [-0.4, -0.2) is 19.8 Å². The third kappa shape index (κ3) is 5.07. The molecule has 2 N–H and O–H groups in total. The molecule has 0 amide bonds. The zero-order chi connectivity index (χ0) is 12.5. The van der Waals surface area contributed by atoms with Crippen molar-refractivity contribution in [3.8, 4) is 0 Å². The molecule has 1 rings (SSSR count). The molecule has 0 atom stereocenters. The van der Waals surface area contributed by atoms with Crippen LogP contribution in [0.1, 0.15) is 32.6 Å². The molecule has 3 heteroatoms. The summed E-state index contributed by atoms with van der Waals surface area (Å²) in [5.41, 5.74) is 7.68. The maximum atomic E-state index is 12.0. The summed E-state index contributed by atoms with van der Waals surface area (Å²) in [6, 6.07) is 7.97. The van der Waals surface area contributed by atoms with Gasteiger partial charge in [-0.15, -0.1) is 0 Å². The van der Waals surface area contributed by atoms with Crippen molar-refractivity contribution in [3.63, 3.8) is 0 Å². The largest absolute Gasteiger partial charge is 0.399 e. The first kappa shape index (κ1) is 13.8. The first-order chi connectivity index (χ1) is 8.27. The van der Waals surface area contributed by atoms with Crippen molar-refractivity contribution in [1.29, 1.82) is 0 Å². The summed E-state index contributed by atoms with van der Waals surface area (Å²) < 4.78 is 12.0. The quantitative estimate of drug-likeness (QED) is 0.553. The van der Waals surface area contributed by atoms with Crippen LogP contribution in [0.2, 0.25) is 0 Å². The van der Waals surface area contributed by atoms with E-state index >= 15 is 0 Å². The van der Waals surface area contributed by atoms with Crippen LogP contribution in [-0.2, 0) is 0 Å². The molecule has 0 bridgehead atoms. The standard InChI is InChI=1S/C14H23FN2/c1-2-11-17(12-5-3-4-10-15)14-8-6-13(16)7-9-14/h6-9H,2-5,10-12,16H2,1H3. The summed E-state index contributed by atoms with van der Waals surface area (Å²) in [4.78, 5) is 2.34. The minimum Gasteiger partial charge on any atom is -0.399 e. The molecule has 0 aliphatic carbocycles. The lowest BCUT2D eigenvalue weighted by Crippen LogP contribution is -2.25. The Morgan fingerprint density at radius 1 is 1.06 bits per heavy atom. The number of hydrogen-bond donors (Lipinski definition) is 1. The molecule has 0 heterocycles. The molecular weight excluding hydrogens is 215 g/mol. The van der Waals surface area contributed by atoms with Crippen LogP contribution in [0.15, 0.2) is 24.3 Å². The van der Waals surface area contributed by atoms with E-state index in [1.807, 2.05) is 12.1 Å². The highest BCUT2D eigenvalue weighted by atomic mass is 19.1. The molecule has 0 fully saturated rings. The molecule has 0 saturated heterocycles. The summed E-state index contributed by atoms with van der Waals surface area (Å²) in [5, 5.41) is 0. The van der Waals surface area contributed by atoms with Crippen LogP contribution in [0, 0.1) is 0 Å². The Morgan fingerprint density at radius 3 is 2.35 bits per heavy atom. The average molecular weight is 238 g/mol. The fraction of sp³-hybridized carbons (Fsp3) is 0.571. The van der Waals surface area contributed by atoms with Crippen LogP contribution < -0.4 is 10.6 Å². The number of benzene rings is 1. The lowest BCUT2D eigenvalue weighted by atomic mass is 10.2. The molecule has 0 spiro atoms. The van der Waals surface area contributed by atoms with Crippen molar-refractivity contribution in [2.45, 2.75) is 32.6 Å². The van der Waals surface area contributed by atoms with E-state index in [-0.39, 0.29) is 6.67 Å². The van der Waals surface area contributed by atoms with E-state index in [2.05, 4.69) is 24.0 Å². The summed E-state index contributed by atoms with van der Waals surface area (Å²) >= 11 is 0. The van der Waals surface area contributed by atoms with Crippen molar-refractivity contribution in [3.05, 3.63) is 24.3 Å². The number of hydrogen-bond acceptors (Lipinski definition) is 2. The third-order valence-corrected chi connectivity index (χ3v) is 2.81. The minimum atomic E-state index is -0.199. The molecule has 0 aromatic heterocycles. The number of unbranched alkanes of at least 4 members (excludes halogenated alkanes) is 2. The van der Waals surface area contributed by atoms with E-state index in [1.54, 1.807) is 0 Å². The van der Waals surface area contributed by atoms with E-state index in [4.69, 9.17) is 5.73 Å². The van der Waals surface area contributed by atoms with Crippen LogP contribution >= 0.6 is 0 Å². The zero-order valence-corrected chi connectivity index (χ0v) is 10.7. The predicted octanol–water partition coefficient (Wildman–Crippen LogP) is 3.63. The Labute approximate surface area is 104 Å². The number of nitrogens with two attached hydrogens (primary N) is 1. The van der Waals surface area contributed by atoms with Crippen LogP contribution in [0.5, 0.6) is 0 Å². The lowest BCUT2D eigenvalue weighted by molar-refractivity contribution is 0.456. The topological polar surface area (TPSA) is 29.3 Å². The van der Waals surface area contributed by atoms with Crippen molar-refractivity contribution in [1.82, 2.24) is 0 Å². The number of nitrogen functional groups attached to an aromatic ring is 1. The number of halogens is 1. The molecule has 17 heavy (non-hydrogen) atoms. The molecule has 0 saturated carbocycles. The molecule has 0 unspecified atom stereocenters. The van der Waals surface area contributed by atoms with Gasteiger partial charge in [0.2, 0.25) is 0 Å². The van der Waals surface area contributed by atoms with Gasteiger partial charge in [-0.1, -0.05) is 6.92 Å². The van der Waals surface area contributed by atoms with Crippen LogP contribution in [0.25, 0.3) is 0 Å². The van der Waals surface area contributed by atoms with Crippen LogP contribution in [0.3, 0.4) is 0 Å². The van der Waals surface area contributed by atoms with E-state index in [0.29, 0.717) is 6.42 Å². The predicted molar refractivity (Wildman–Crippen MR) is 73.2 cm³/mol. The zero-order valence-electron chi connectivity index (χ0n) is 10.7. The molecule has 1 aromatic carbocycles. The Hall–Kier alpha value is -1.25. The highest BCUT2D eigenvalue weighted by Gasteiger charge is 2.04. The fourth-order valence-electron chi connectivity index (χ4n) is 1.90. The van der Waals surface area contributed by atoms with Gasteiger partial charge in [-0.2, -0.15) is 0 Å². The summed E-state index contributed by atoms with van der Waals surface area (Å²) in [5.74, 6) is 0. The number of anilines is 2. The third-order valence-electron chi connectivity index (χ3n) is 2.81. The Balaban J connectivity index is 2.49. The number of nitrogens with zero attached hydrogens (tertiary/aromatic N) is 1. The first-order valence-electron chi connectivity index (χ1n) is 6.44. The maximum absolute atomic E-state index is 12.0.